The van der Waals surface area contributed by atoms with Gasteiger partial charge in [0.1, 0.15) is 0 Å². The quantitative estimate of drug-likeness (QED) is 0.204. The van der Waals surface area contributed by atoms with Crippen molar-refractivity contribution in [2.75, 3.05) is 0 Å². The number of hydrogen-bond donors (Lipinski definition) is 0. The van der Waals surface area contributed by atoms with Crippen LogP contribution in [0.15, 0.2) is 0 Å². The first-order valence-corrected chi connectivity index (χ1v) is 15.7. The first-order valence-electron chi connectivity index (χ1n) is 15.7. The summed E-state index contributed by atoms with van der Waals surface area (Å²) in [6.45, 7) is 9.37. The predicted octanol–water partition coefficient (Wildman–Crippen LogP) is 12.4. The van der Waals surface area contributed by atoms with Crippen LogP contribution < -0.4 is 0 Å². The summed E-state index contributed by atoms with van der Waals surface area (Å²) >= 11 is 0. The average molecular weight is 453 g/mol. The minimum Gasteiger partial charge on any atom is -0.0654 e. The Morgan fingerprint density at radius 2 is 0.844 bits per heavy atom. The molecule has 0 spiro atoms. The van der Waals surface area contributed by atoms with Gasteiger partial charge in [0.05, 0.1) is 0 Å². The maximum atomic E-state index is 2.44. The molecule has 0 aromatic rings. The Hall–Kier alpha value is 0. The van der Waals surface area contributed by atoms with E-state index in [0.29, 0.717) is 0 Å². The van der Waals surface area contributed by atoms with E-state index in [-0.39, 0.29) is 2.85 Å². The molecule has 2 fully saturated rings. The molecule has 0 radical (unpaired) electrons. The minimum absolute atomic E-state index is 0. The molecule has 32 heavy (non-hydrogen) atoms. The summed E-state index contributed by atoms with van der Waals surface area (Å²) in [4.78, 5) is 0. The molecule has 0 nitrogen and oxygen atoms in total. The Morgan fingerprint density at radius 3 is 1.34 bits per heavy atom. The summed E-state index contributed by atoms with van der Waals surface area (Å²) < 4.78 is 0. The molecule has 2 aliphatic rings. The Morgan fingerprint density at radius 1 is 0.469 bits per heavy atom. The predicted molar refractivity (Wildman–Crippen MR) is 152 cm³/mol. The van der Waals surface area contributed by atoms with Crippen LogP contribution in [0.5, 0.6) is 0 Å². The fourth-order valence-corrected chi connectivity index (χ4v) is 6.50. The second-order valence-electron chi connectivity index (χ2n) is 11.9. The standard InChI is InChI=1S/2C16H32.2H2/c1-3-4-5-6-7-8-9-12-16-13-10-11-15(2)14-16;1-3-5-7-10-15-12-9-13-16(14-15)11-8-6-4-2;;/h2*15-16H,3-14H2,1-2H3;2*1H. The van der Waals surface area contributed by atoms with Gasteiger partial charge >= 0.3 is 0 Å². The van der Waals surface area contributed by atoms with E-state index in [9.17, 15) is 0 Å². The fraction of sp³-hybridized carbons (Fsp3) is 1.00. The summed E-state index contributed by atoms with van der Waals surface area (Å²) in [5.41, 5.74) is 0. The van der Waals surface area contributed by atoms with E-state index >= 15 is 0 Å². The van der Waals surface area contributed by atoms with Gasteiger partial charge in [-0.2, -0.15) is 0 Å². The van der Waals surface area contributed by atoms with E-state index in [1.807, 2.05) is 0 Å². The van der Waals surface area contributed by atoms with Gasteiger partial charge in [-0.15, -0.1) is 0 Å². The van der Waals surface area contributed by atoms with Crippen molar-refractivity contribution >= 4 is 0 Å². The SMILES string of the molecule is CCCCCC1CCCC(CCCCC)C1.CCCCCCCCCC1CCCC(C)C1.[HH].[HH]. The van der Waals surface area contributed by atoms with Crippen LogP contribution in [0.4, 0.5) is 0 Å². The zero-order chi connectivity index (χ0) is 23.3. The van der Waals surface area contributed by atoms with Crippen LogP contribution in [0.3, 0.4) is 0 Å². The summed E-state index contributed by atoms with van der Waals surface area (Å²) in [6.07, 6.45) is 35.7. The minimum atomic E-state index is 0. The highest BCUT2D eigenvalue weighted by atomic mass is 14.3. The normalized spacial score (nSPS) is 25.9. The molecule has 0 heterocycles. The lowest BCUT2D eigenvalue weighted by molar-refractivity contribution is 0.235. The van der Waals surface area contributed by atoms with E-state index in [0.717, 1.165) is 23.7 Å². The van der Waals surface area contributed by atoms with Crippen molar-refractivity contribution < 1.29 is 2.85 Å². The molecule has 0 aromatic carbocycles. The van der Waals surface area contributed by atoms with Gasteiger partial charge < -0.3 is 0 Å². The fourth-order valence-electron chi connectivity index (χ4n) is 6.50. The van der Waals surface area contributed by atoms with Crippen molar-refractivity contribution in [3.05, 3.63) is 0 Å². The first kappa shape index (κ1) is 30.0. The number of rotatable bonds is 16. The Labute approximate surface area is 208 Å². The van der Waals surface area contributed by atoms with Crippen LogP contribution in [0.1, 0.15) is 185 Å². The third-order valence-electron chi connectivity index (χ3n) is 8.58. The highest BCUT2D eigenvalue weighted by Gasteiger charge is 2.21. The molecule has 0 aliphatic heterocycles. The van der Waals surface area contributed by atoms with Crippen LogP contribution in [0.25, 0.3) is 0 Å². The van der Waals surface area contributed by atoms with E-state index in [2.05, 4.69) is 27.7 Å². The first-order chi connectivity index (χ1) is 15.7. The number of unbranched alkanes of at least 4 members (excludes halogenated alkanes) is 10. The van der Waals surface area contributed by atoms with Crippen molar-refractivity contribution in [3.63, 3.8) is 0 Å². The van der Waals surface area contributed by atoms with E-state index in [1.165, 1.54) is 148 Å². The zero-order valence-corrected chi connectivity index (χ0v) is 23.3. The zero-order valence-electron chi connectivity index (χ0n) is 23.3. The number of hydrogen-bond acceptors (Lipinski definition) is 0. The molecule has 196 valence electrons. The topological polar surface area (TPSA) is 0 Å². The molecule has 0 saturated heterocycles. The van der Waals surface area contributed by atoms with Gasteiger partial charge in [-0.3, -0.25) is 0 Å². The third kappa shape index (κ3) is 16.6. The molecular weight excluding hydrogens is 384 g/mol. The summed E-state index contributed by atoms with van der Waals surface area (Å²) in [7, 11) is 0. The summed E-state index contributed by atoms with van der Waals surface area (Å²) in [6, 6.07) is 0. The van der Waals surface area contributed by atoms with Crippen LogP contribution >= 0.6 is 0 Å². The van der Waals surface area contributed by atoms with Gasteiger partial charge in [-0.25, -0.2) is 0 Å². The lowest BCUT2D eigenvalue weighted by Gasteiger charge is -2.29. The molecule has 0 aromatic heterocycles. The Balaban J connectivity index is 0. The molecule has 2 rings (SSSR count). The van der Waals surface area contributed by atoms with Crippen molar-refractivity contribution in [1.29, 1.82) is 0 Å². The van der Waals surface area contributed by atoms with Crippen LogP contribution in [-0.4, -0.2) is 0 Å². The smallest absolute Gasteiger partial charge is 0 e. The third-order valence-corrected chi connectivity index (χ3v) is 8.58. The van der Waals surface area contributed by atoms with Crippen molar-refractivity contribution in [3.8, 4) is 0 Å². The highest BCUT2D eigenvalue weighted by molar-refractivity contribution is 4.73. The van der Waals surface area contributed by atoms with Crippen LogP contribution in [-0.2, 0) is 0 Å². The van der Waals surface area contributed by atoms with Crippen molar-refractivity contribution in [2.45, 2.75) is 182 Å². The highest BCUT2D eigenvalue weighted by Crippen LogP contribution is 2.35. The average Bonchev–Trinajstić information content (AvgIpc) is 2.80. The monoisotopic (exact) mass is 453 g/mol. The van der Waals surface area contributed by atoms with E-state index < -0.39 is 0 Å². The second kappa shape index (κ2) is 21.5. The van der Waals surface area contributed by atoms with E-state index in [1.54, 1.807) is 6.42 Å². The van der Waals surface area contributed by atoms with Gasteiger partial charge in [0.2, 0.25) is 0 Å². The van der Waals surface area contributed by atoms with Gasteiger partial charge in [0.25, 0.3) is 0 Å². The maximum Gasteiger partial charge on any atom is 0 e. The molecule has 4 unspecified atom stereocenters. The summed E-state index contributed by atoms with van der Waals surface area (Å²) in [5, 5.41) is 0. The molecule has 4 atom stereocenters. The Kier molecular flexibility index (Phi) is 20.2. The van der Waals surface area contributed by atoms with Crippen molar-refractivity contribution in [1.82, 2.24) is 0 Å². The van der Waals surface area contributed by atoms with Crippen LogP contribution in [0, 0.1) is 23.7 Å². The molecule has 0 N–H and O–H groups in total. The molecule has 0 heteroatoms. The van der Waals surface area contributed by atoms with Gasteiger partial charge in [0, 0.05) is 2.85 Å². The van der Waals surface area contributed by atoms with E-state index in [4.69, 9.17) is 0 Å². The molecule has 2 saturated carbocycles. The largest absolute Gasteiger partial charge is 0.0654 e. The lowest BCUT2D eigenvalue weighted by atomic mass is 9.77. The summed E-state index contributed by atoms with van der Waals surface area (Å²) in [5.74, 6) is 4.28. The maximum absolute atomic E-state index is 2.44. The van der Waals surface area contributed by atoms with Gasteiger partial charge in [-0.05, 0) is 36.5 Å². The Bertz CT molecular complexity index is 367. The second-order valence-corrected chi connectivity index (χ2v) is 11.9. The van der Waals surface area contributed by atoms with Crippen molar-refractivity contribution in [2.24, 2.45) is 23.7 Å². The van der Waals surface area contributed by atoms with Crippen LogP contribution in [0.2, 0.25) is 0 Å². The lowest BCUT2D eigenvalue weighted by Crippen LogP contribution is -2.15. The van der Waals surface area contributed by atoms with Gasteiger partial charge in [-0.1, -0.05) is 169 Å². The molecular formula is C32H68. The molecule has 2 aliphatic carbocycles. The molecule has 0 bridgehead atoms. The molecule has 0 amide bonds. The van der Waals surface area contributed by atoms with Gasteiger partial charge in [0.15, 0.2) is 0 Å².